The molecule has 0 N–H and O–H groups in total. The third kappa shape index (κ3) is 3.23. The van der Waals surface area contributed by atoms with Crippen molar-refractivity contribution >= 4 is 29.3 Å². The number of aryl methyl sites for hydroxylation is 1. The highest BCUT2D eigenvalue weighted by Gasteiger charge is 2.43. The summed E-state index contributed by atoms with van der Waals surface area (Å²) in [6.07, 6.45) is 2.33. The summed E-state index contributed by atoms with van der Waals surface area (Å²) in [7, 11) is 0. The van der Waals surface area contributed by atoms with Gasteiger partial charge in [-0.3, -0.25) is 9.69 Å². The maximum Gasteiger partial charge on any atom is 0.264 e. The molecule has 0 spiro atoms. The molecule has 7 heteroatoms. The maximum absolute atomic E-state index is 13.0. The Morgan fingerprint density at radius 3 is 2.56 bits per heavy atom. The topological polar surface area (TPSA) is 51.0 Å². The van der Waals surface area contributed by atoms with Crippen LogP contribution in [0.1, 0.15) is 42.0 Å². The number of carbonyl (C=O) groups is 1. The van der Waals surface area contributed by atoms with Gasteiger partial charge in [-0.05, 0) is 56.5 Å². The Morgan fingerprint density at radius 1 is 1.24 bits per heavy atom. The molecule has 25 heavy (non-hydrogen) atoms. The van der Waals surface area contributed by atoms with Gasteiger partial charge in [-0.2, -0.15) is 4.68 Å². The number of halogens is 1. The van der Waals surface area contributed by atoms with E-state index in [9.17, 15) is 4.79 Å². The Hall–Kier alpha value is -1.37. The van der Waals surface area contributed by atoms with E-state index in [2.05, 4.69) is 21.9 Å². The van der Waals surface area contributed by atoms with Gasteiger partial charge in [0.05, 0.1) is 6.04 Å². The predicted molar refractivity (Wildman–Crippen MR) is 99.2 cm³/mol. The number of hydrogen-bond acceptors (Lipinski definition) is 5. The van der Waals surface area contributed by atoms with Crippen LogP contribution in [-0.2, 0) is 0 Å². The SMILES string of the molecule is Cc1nc2n(n1)C(=O)C(C(c1ccc(Cl)cc1)N1CCC(C)CC1)S2. The molecule has 0 aliphatic carbocycles. The average Bonchev–Trinajstić information content (AvgIpc) is 3.09. The van der Waals surface area contributed by atoms with Gasteiger partial charge < -0.3 is 0 Å². The second-order valence-electron chi connectivity index (χ2n) is 6.94. The smallest absolute Gasteiger partial charge is 0.264 e. The van der Waals surface area contributed by atoms with Crippen molar-refractivity contribution in [3.8, 4) is 0 Å². The van der Waals surface area contributed by atoms with Crippen LogP contribution in [0, 0.1) is 12.8 Å². The minimum Gasteiger partial charge on any atom is -0.295 e. The molecule has 2 atom stereocenters. The molecule has 2 aliphatic rings. The van der Waals surface area contributed by atoms with E-state index in [4.69, 9.17) is 11.6 Å². The molecule has 0 amide bonds. The standard InChI is InChI=1S/C18H21ClN4OS/c1-11-7-9-22(10-8-11)15(13-3-5-14(19)6-4-13)16-17(24)23-18(25-16)20-12(2)21-23/h3-6,11,15-16H,7-10H2,1-2H3. The maximum atomic E-state index is 13.0. The normalized spacial score (nSPS) is 23.0. The van der Waals surface area contributed by atoms with E-state index in [-0.39, 0.29) is 17.2 Å². The molecule has 2 aliphatic heterocycles. The highest BCUT2D eigenvalue weighted by atomic mass is 35.5. The fourth-order valence-electron chi connectivity index (χ4n) is 3.64. The largest absolute Gasteiger partial charge is 0.295 e. The number of carbonyl (C=O) groups excluding carboxylic acids is 1. The van der Waals surface area contributed by atoms with Gasteiger partial charge in [0.25, 0.3) is 5.91 Å². The summed E-state index contributed by atoms with van der Waals surface area (Å²) in [4.78, 5) is 19.8. The minimum absolute atomic E-state index is 0.0195. The third-order valence-electron chi connectivity index (χ3n) is 5.08. The summed E-state index contributed by atoms with van der Waals surface area (Å²) in [5, 5.41) is 5.47. The molecule has 5 nitrogen and oxygen atoms in total. The van der Waals surface area contributed by atoms with Crippen LogP contribution in [0.5, 0.6) is 0 Å². The lowest BCUT2D eigenvalue weighted by molar-refractivity contribution is 0.0799. The summed E-state index contributed by atoms with van der Waals surface area (Å²) in [6, 6.07) is 7.91. The van der Waals surface area contributed by atoms with Crippen LogP contribution in [0.15, 0.2) is 29.4 Å². The minimum atomic E-state index is -0.217. The van der Waals surface area contributed by atoms with Crippen molar-refractivity contribution in [2.24, 2.45) is 5.92 Å². The number of nitrogens with zero attached hydrogens (tertiary/aromatic N) is 4. The third-order valence-corrected chi connectivity index (χ3v) is 6.52. The van der Waals surface area contributed by atoms with Crippen molar-refractivity contribution in [3.05, 3.63) is 40.7 Å². The molecule has 1 aromatic heterocycles. The van der Waals surface area contributed by atoms with Gasteiger partial charge in [0, 0.05) is 5.02 Å². The van der Waals surface area contributed by atoms with E-state index in [1.165, 1.54) is 16.4 Å². The Kier molecular flexibility index (Phi) is 4.60. The first-order valence-corrected chi connectivity index (χ1v) is 9.93. The van der Waals surface area contributed by atoms with Gasteiger partial charge in [0.15, 0.2) is 5.16 Å². The number of benzene rings is 1. The summed E-state index contributed by atoms with van der Waals surface area (Å²) in [5.41, 5.74) is 1.13. The molecular formula is C18H21ClN4OS. The highest BCUT2D eigenvalue weighted by molar-refractivity contribution is 8.00. The quantitative estimate of drug-likeness (QED) is 0.814. The zero-order valence-corrected chi connectivity index (χ0v) is 15.9. The number of likely N-dealkylation sites (tertiary alicyclic amines) is 1. The molecule has 1 aromatic carbocycles. The number of fused-ring (bicyclic) bond motifs is 1. The molecular weight excluding hydrogens is 356 g/mol. The van der Waals surface area contributed by atoms with Gasteiger partial charge in [-0.1, -0.05) is 42.4 Å². The Bertz CT molecular complexity index is 783. The molecule has 0 bridgehead atoms. The van der Waals surface area contributed by atoms with E-state index in [1.807, 2.05) is 31.2 Å². The molecule has 2 aromatic rings. The van der Waals surface area contributed by atoms with Gasteiger partial charge >= 0.3 is 0 Å². The molecule has 0 radical (unpaired) electrons. The first-order valence-electron chi connectivity index (χ1n) is 8.67. The molecule has 1 saturated heterocycles. The van der Waals surface area contributed by atoms with Crippen LogP contribution in [0.3, 0.4) is 0 Å². The molecule has 3 heterocycles. The number of aromatic nitrogens is 3. The lowest BCUT2D eigenvalue weighted by Crippen LogP contribution is -2.42. The van der Waals surface area contributed by atoms with Gasteiger partial charge in [0.2, 0.25) is 0 Å². The Morgan fingerprint density at radius 2 is 1.92 bits per heavy atom. The van der Waals surface area contributed by atoms with Crippen molar-refractivity contribution in [1.82, 2.24) is 19.7 Å². The average molecular weight is 377 g/mol. The first-order chi connectivity index (χ1) is 12.0. The Balaban J connectivity index is 1.67. The fraction of sp³-hybridized carbons (Fsp3) is 0.500. The lowest BCUT2D eigenvalue weighted by Gasteiger charge is -2.38. The monoisotopic (exact) mass is 376 g/mol. The summed E-state index contributed by atoms with van der Waals surface area (Å²) < 4.78 is 1.47. The summed E-state index contributed by atoms with van der Waals surface area (Å²) >= 11 is 7.60. The number of hydrogen-bond donors (Lipinski definition) is 0. The molecule has 1 fully saturated rings. The van der Waals surface area contributed by atoms with E-state index < -0.39 is 0 Å². The van der Waals surface area contributed by atoms with E-state index in [0.717, 1.165) is 37.4 Å². The predicted octanol–water partition coefficient (Wildman–Crippen LogP) is 3.83. The summed E-state index contributed by atoms with van der Waals surface area (Å²) in [5.74, 6) is 1.41. The van der Waals surface area contributed by atoms with E-state index >= 15 is 0 Å². The molecule has 132 valence electrons. The van der Waals surface area contributed by atoms with Crippen molar-refractivity contribution in [2.45, 2.75) is 43.1 Å². The van der Waals surface area contributed by atoms with Crippen molar-refractivity contribution in [3.63, 3.8) is 0 Å². The molecule has 4 rings (SSSR count). The highest BCUT2D eigenvalue weighted by Crippen LogP contribution is 2.42. The van der Waals surface area contributed by atoms with Crippen LogP contribution in [0.25, 0.3) is 0 Å². The van der Waals surface area contributed by atoms with Crippen LogP contribution in [0.2, 0.25) is 5.02 Å². The first kappa shape index (κ1) is 17.1. The summed E-state index contributed by atoms with van der Waals surface area (Å²) in [6.45, 7) is 6.13. The van der Waals surface area contributed by atoms with Crippen LogP contribution >= 0.6 is 23.4 Å². The van der Waals surface area contributed by atoms with Gasteiger partial charge in [-0.25, -0.2) is 4.98 Å². The van der Waals surface area contributed by atoms with Gasteiger partial charge in [0.1, 0.15) is 11.1 Å². The molecule has 0 saturated carbocycles. The van der Waals surface area contributed by atoms with Crippen LogP contribution in [0.4, 0.5) is 0 Å². The second kappa shape index (κ2) is 6.74. The zero-order valence-electron chi connectivity index (χ0n) is 14.4. The zero-order chi connectivity index (χ0) is 17.6. The van der Waals surface area contributed by atoms with Crippen molar-refractivity contribution in [1.29, 1.82) is 0 Å². The van der Waals surface area contributed by atoms with Crippen molar-refractivity contribution < 1.29 is 4.79 Å². The van der Waals surface area contributed by atoms with Gasteiger partial charge in [-0.15, -0.1) is 5.10 Å². The Labute approximate surface area is 156 Å². The number of piperidine rings is 1. The number of rotatable bonds is 3. The van der Waals surface area contributed by atoms with Crippen LogP contribution in [-0.4, -0.2) is 43.9 Å². The number of thioether (sulfide) groups is 1. The van der Waals surface area contributed by atoms with Crippen molar-refractivity contribution in [2.75, 3.05) is 13.1 Å². The van der Waals surface area contributed by atoms with E-state index in [1.54, 1.807) is 0 Å². The fourth-order valence-corrected chi connectivity index (χ4v) is 5.07. The van der Waals surface area contributed by atoms with E-state index in [0.29, 0.717) is 16.0 Å². The second-order valence-corrected chi connectivity index (χ2v) is 8.49. The van der Waals surface area contributed by atoms with Crippen LogP contribution < -0.4 is 0 Å². The molecule has 2 unspecified atom stereocenters. The lowest BCUT2D eigenvalue weighted by atomic mass is 9.94.